The van der Waals surface area contributed by atoms with Gasteiger partial charge in [-0.3, -0.25) is 4.79 Å². The van der Waals surface area contributed by atoms with Crippen molar-refractivity contribution < 1.29 is 27.1 Å². The van der Waals surface area contributed by atoms with Crippen LogP contribution in [0.1, 0.15) is 56.8 Å². The molecule has 0 heterocycles. The summed E-state index contributed by atoms with van der Waals surface area (Å²) in [5.74, 6) is -3.04. The third-order valence-corrected chi connectivity index (χ3v) is 9.48. The van der Waals surface area contributed by atoms with Crippen LogP contribution in [0.15, 0.2) is 41.3 Å². The van der Waals surface area contributed by atoms with Crippen molar-refractivity contribution >= 4 is 33.0 Å². The lowest BCUT2D eigenvalue weighted by atomic mass is 9.75. The number of rotatable bonds is 5. The molecule has 174 valence electrons. The summed E-state index contributed by atoms with van der Waals surface area (Å²) in [5, 5.41) is 12.6. The molecular formula is C23H26ClF2NO4S. The van der Waals surface area contributed by atoms with Crippen molar-refractivity contribution in [3.05, 3.63) is 58.6 Å². The molecule has 1 saturated carbocycles. The zero-order chi connectivity index (χ0) is 23.9. The molecule has 3 rings (SSSR count). The molecule has 0 saturated heterocycles. The number of carbonyl (C=O) groups excluding carboxylic acids is 1. The summed E-state index contributed by atoms with van der Waals surface area (Å²) >= 11 is 6.23. The highest BCUT2D eigenvalue weighted by Crippen LogP contribution is 2.44. The number of anilines is 1. The predicted molar refractivity (Wildman–Crippen MR) is 120 cm³/mol. The summed E-state index contributed by atoms with van der Waals surface area (Å²) < 4.78 is 52.5. The van der Waals surface area contributed by atoms with Crippen LogP contribution in [-0.2, 0) is 9.84 Å². The third kappa shape index (κ3) is 4.82. The molecule has 2 aromatic rings. The molecule has 0 bridgehead atoms. The molecule has 1 aliphatic rings. The Labute approximate surface area is 191 Å². The molecule has 2 N–H and O–H groups in total. The summed E-state index contributed by atoms with van der Waals surface area (Å²) in [7, 11) is -3.95. The number of carbonyl (C=O) groups is 1. The molecule has 0 radical (unpaired) electrons. The van der Waals surface area contributed by atoms with Crippen LogP contribution in [-0.4, -0.2) is 29.8 Å². The summed E-state index contributed by atoms with van der Waals surface area (Å²) in [6.07, 6.45) is 2.10. The van der Waals surface area contributed by atoms with Crippen molar-refractivity contribution in [3.63, 3.8) is 0 Å². The zero-order valence-electron chi connectivity index (χ0n) is 18.1. The number of sulfone groups is 1. The van der Waals surface area contributed by atoms with E-state index in [4.69, 9.17) is 11.6 Å². The number of hydrogen-bond acceptors (Lipinski definition) is 4. The normalized spacial score (nSPS) is 21.9. The van der Waals surface area contributed by atoms with Crippen LogP contribution in [0.2, 0.25) is 5.02 Å². The van der Waals surface area contributed by atoms with Crippen LogP contribution in [0.4, 0.5) is 14.5 Å². The van der Waals surface area contributed by atoms with E-state index in [2.05, 4.69) is 5.32 Å². The highest BCUT2D eigenvalue weighted by atomic mass is 35.5. The maximum atomic E-state index is 13.6. The first kappa shape index (κ1) is 24.6. The van der Waals surface area contributed by atoms with E-state index in [1.807, 2.05) is 0 Å². The quantitative estimate of drug-likeness (QED) is 0.596. The van der Waals surface area contributed by atoms with Gasteiger partial charge in [-0.2, -0.15) is 0 Å². The smallest absolute Gasteiger partial charge is 0.255 e. The van der Waals surface area contributed by atoms with Gasteiger partial charge in [-0.1, -0.05) is 11.6 Å². The molecule has 5 nitrogen and oxygen atoms in total. The van der Waals surface area contributed by atoms with Crippen molar-refractivity contribution in [3.8, 4) is 0 Å². The monoisotopic (exact) mass is 485 g/mol. The van der Waals surface area contributed by atoms with E-state index in [9.17, 15) is 27.1 Å². The van der Waals surface area contributed by atoms with Gasteiger partial charge in [0.1, 0.15) is 0 Å². The van der Waals surface area contributed by atoms with E-state index < -0.39 is 37.7 Å². The molecule has 9 heteroatoms. The molecule has 1 fully saturated rings. The maximum Gasteiger partial charge on any atom is 0.255 e. The van der Waals surface area contributed by atoms with E-state index in [1.54, 1.807) is 20.8 Å². The minimum atomic E-state index is -3.95. The number of halogens is 3. The average molecular weight is 486 g/mol. The van der Waals surface area contributed by atoms with Crippen molar-refractivity contribution in [1.82, 2.24) is 0 Å². The van der Waals surface area contributed by atoms with Gasteiger partial charge in [0, 0.05) is 17.3 Å². The minimum absolute atomic E-state index is 0.00902. The summed E-state index contributed by atoms with van der Waals surface area (Å²) in [4.78, 5) is 12.5. The average Bonchev–Trinajstić information content (AvgIpc) is 2.70. The number of hydrogen-bond donors (Lipinski definition) is 2. The predicted octanol–water partition coefficient (Wildman–Crippen LogP) is 5.36. The number of nitrogens with one attached hydrogen (secondary N) is 1. The van der Waals surface area contributed by atoms with E-state index in [1.165, 1.54) is 24.3 Å². The Balaban J connectivity index is 1.89. The van der Waals surface area contributed by atoms with Crippen LogP contribution < -0.4 is 5.32 Å². The van der Waals surface area contributed by atoms with Gasteiger partial charge in [-0.25, -0.2) is 17.2 Å². The van der Waals surface area contributed by atoms with Crippen molar-refractivity contribution in [2.24, 2.45) is 5.92 Å². The van der Waals surface area contributed by atoms with Crippen LogP contribution in [0, 0.1) is 17.6 Å². The van der Waals surface area contributed by atoms with Gasteiger partial charge < -0.3 is 10.4 Å². The highest BCUT2D eigenvalue weighted by Gasteiger charge is 2.46. The first-order valence-corrected chi connectivity index (χ1v) is 12.1. The molecule has 1 aliphatic carbocycles. The second-order valence-corrected chi connectivity index (χ2v) is 12.0. The van der Waals surface area contributed by atoms with E-state index in [0.717, 1.165) is 12.1 Å². The van der Waals surface area contributed by atoms with Crippen molar-refractivity contribution in [1.29, 1.82) is 0 Å². The van der Waals surface area contributed by atoms with Crippen molar-refractivity contribution in [2.45, 2.75) is 61.7 Å². The first-order valence-electron chi connectivity index (χ1n) is 10.3. The molecule has 2 aromatic carbocycles. The largest absolute Gasteiger partial charge is 0.390 e. The van der Waals surface area contributed by atoms with Gasteiger partial charge in [0.2, 0.25) is 0 Å². The van der Waals surface area contributed by atoms with Crippen LogP contribution in [0.3, 0.4) is 0 Å². The van der Waals surface area contributed by atoms with E-state index in [0.29, 0.717) is 25.7 Å². The zero-order valence-corrected chi connectivity index (χ0v) is 19.7. The molecule has 0 atom stereocenters. The third-order valence-electron chi connectivity index (χ3n) is 6.40. The Bertz CT molecular complexity index is 1140. The lowest BCUT2D eigenvalue weighted by Crippen LogP contribution is -2.44. The van der Waals surface area contributed by atoms with Crippen LogP contribution >= 0.6 is 11.6 Å². The Morgan fingerprint density at radius 1 is 1.12 bits per heavy atom. The molecule has 0 spiro atoms. The Morgan fingerprint density at radius 3 is 2.34 bits per heavy atom. The number of benzene rings is 2. The molecule has 0 aliphatic heterocycles. The van der Waals surface area contributed by atoms with Gasteiger partial charge in [0.25, 0.3) is 5.91 Å². The molecular weight excluding hydrogens is 460 g/mol. The standard InChI is InChI=1S/C23H26ClF2NO4S/c1-22(2,15-8-10-23(3,29)11-9-15)32(30,31)20-12-14(4-6-17(20)24)21(28)27-16-5-7-18(25)19(26)13-16/h4-7,12-13,15,29H,8-11H2,1-3H3,(H,27,28)/t15-,23+. The number of amides is 1. The fraction of sp³-hybridized carbons (Fsp3) is 0.435. The fourth-order valence-electron chi connectivity index (χ4n) is 4.07. The number of aliphatic hydroxyl groups is 1. The topological polar surface area (TPSA) is 83.5 Å². The van der Waals surface area contributed by atoms with Crippen LogP contribution in [0.25, 0.3) is 0 Å². The Kier molecular flexibility index (Phi) is 6.71. The maximum absolute atomic E-state index is 13.6. The van der Waals surface area contributed by atoms with Gasteiger partial charge in [-0.05, 0) is 82.7 Å². The molecule has 0 aromatic heterocycles. The second kappa shape index (κ2) is 8.72. The van der Waals surface area contributed by atoms with Gasteiger partial charge in [-0.15, -0.1) is 0 Å². The van der Waals surface area contributed by atoms with Gasteiger partial charge in [0.05, 0.1) is 20.3 Å². The van der Waals surface area contributed by atoms with Gasteiger partial charge >= 0.3 is 0 Å². The van der Waals surface area contributed by atoms with E-state index in [-0.39, 0.29) is 27.1 Å². The van der Waals surface area contributed by atoms with Gasteiger partial charge in [0.15, 0.2) is 21.5 Å². The summed E-state index contributed by atoms with van der Waals surface area (Å²) in [6, 6.07) is 6.81. The van der Waals surface area contributed by atoms with E-state index >= 15 is 0 Å². The summed E-state index contributed by atoms with van der Waals surface area (Å²) in [6.45, 7) is 5.02. The molecule has 32 heavy (non-hydrogen) atoms. The highest BCUT2D eigenvalue weighted by molar-refractivity contribution is 7.93. The SMILES string of the molecule is CC(C)([C@H]1CC[C@@](C)(O)CC1)S(=O)(=O)c1cc(C(=O)Nc2ccc(F)c(F)c2)ccc1Cl. The fourth-order valence-corrected chi connectivity index (χ4v) is 6.34. The molecule has 0 unspecified atom stereocenters. The first-order chi connectivity index (χ1) is 14.7. The van der Waals surface area contributed by atoms with Crippen LogP contribution in [0.5, 0.6) is 0 Å². The summed E-state index contributed by atoms with van der Waals surface area (Å²) in [5.41, 5.74) is -0.755. The molecule has 1 amide bonds. The lowest BCUT2D eigenvalue weighted by Gasteiger charge is -2.41. The van der Waals surface area contributed by atoms with Crippen molar-refractivity contribution in [2.75, 3.05) is 5.32 Å². The lowest BCUT2D eigenvalue weighted by molar-refractivity contribution is 0.00358. The Morgan fingerprint density at radius 2 is 1.75 bits per heavy atom. The Hall–Kier alpha value is -2.03. The second-order valence-electron chi connectivity index (χ2n) is 9.11. The minimum Gasteiger partial charge on any atom is -0.390 e.